The van der Waals surface area contributed by atoms with Crippen LogP contribution < -0.4 is 0 Å². The van der Waals surface area contributed by atoms with Crippen LogP contribution in [0.2, 0.25) is 0 Å². The summed E-state index contributed by atoms with van der Waals surface area (Å²) in [6.07, 6.45) is 6.44. The van der Waals surface area contributed by atoms with Gasteiger partial charge < -0.3 is 14.7 Å². The Kier molecular flexibility index (Phi) is 5.63. The van der Waals surface area contributed by atoms with E-state index in [0.717, 1.165) is 38.9 Å². The maximum absolute atomic E-state index is 12.5. The maximum atomic E-state index is 12.5. The number of carbonyl (C=O) groups is 1. The highest BCUT2D eigenvalue weighted by Gasteiger charge is 2.24. The molecule has 1 unspecified atom stereocenters. The number of hydrogen-bond donors (Lipinski definition) is 0. The van der Waals surface area contributed by atoms with Crippen LogP contribution in [-0.2, 0) is 4.79 Å². The highest BCUT2D eigenvalue weighted by atomic mass is 16.2. The average Bonchev–Trinajstić information content (AvgIpc) is 2.53. The van der Waals surface area contributed by atoms with Crippen molar-refractivity contribution in [3.63, 3.8) is 0 Å². The van der Waals surface area contributed by atoms with Crippen LogP contribution in [0.4, 0.5) is 0 Å². The molecule has 2 saturated heterocycles. The summed E-state index contributed by atoms with van der Waals surface area (Å²) in [4.78, 5) is 18.7. The Balaban J connectivity index is 2.05. The van der Waals surface area contributed by atoms with Gasteiger partial charge in [0, 0.05) is 45.0 Å². The molecule has 0 bridgehead atoms. The first-order valence-corrected chi connectivity index (χ1v) is 8.01. The van der Waals surface area contributed by atoms with Crippen LogP contribution in [0.1, 0.15) is 32.6 Å². The van der Waals surface area contributed by atoms with Crippen LogP contribution in [0, 0.1) is 11.3 Å². The van der Waals surface area contributed by atoms with Crippen molar-refractivity contribution in [2.75, 3.05) is 39.8 Å². The molecule has 0 aromatic heterocycles. The Hall–Kier alpha value is -1.54. The zero-order valence-corrected chi connectivity index (χ0v) is 13.2. The van der Waals surface area contributed by atoms with E-state index in [-0.39, 0.29) is 5.91 Å². The summed E-state index contributed by atoms with van der Waals surface area (Å²) in [6, 6.07) is 2.59. The number of rotatable bonds is 3. The van der Waals surface area contributed by atoms with Crippen molar-refractivity contribution in [1.29, 1.82) is 5.26 Å². The molecule has 1 amide bonds. The Morgan fingerprint density at radius 2 is 1.95 bits per heavy atom. The third-order valence-corrected chi connectivity index (χ3v) is 4.58. The molecule has 2 rings (SSSR count). The first-order chi connectivity index (χ1) is 10.2. The summed E-state index contributed by atoms with van der Waals surface area (Å²) in [5.74, 6) is -0.106. The molecular formula is C16H26N4O. The molecule has 0 saturated carbocycles. The molecule has 0 aromatic rings. The second kappa shape index (κ2) is 7.46. The Morgan fingerprint density at radius 3 is 2.57 bits per heavy atom. The molecule has 0 radical (unpaired) electrons. The Labute approximate surface area is 127 Å². The second-order valence-electron chi connectivity index (χ2n) is 6.05. The minimum Gasteiger partial charge on any atom is -0.373 e. The van der Waals surface area contributed by atoms with E-state index in [1.165, 1.54) is 6.42 Å². The van der Waals surface area contributed by atoms with E-state index in [2.05, 4.69) is 29.8 Å². The first-order valence-electron chi connectivity index (χ1n) is 8.01. The van der Waals surface area contributed by atoms with Gasteiger partial charge in [-0.25, -0.2) is 0 Å². The van der Waals surface area contributed by atoms with Crippen LogP contribution in [0.15, 0.2) is 11.8 Å². The average molecular weight is 290 g/mol. The third-order valence-electron chi connectivity index (χ3n) is 4.58. The number of likely N-dealkylation sites (N-methyl/N-ethyl adjacent to an activating group) is 1. The van der Waals surface area contributed by atoms with Gasteiger partial charge in [-0.2, -0.15) is 5.26 Å². The summed E-state index contributed by atoms with van der Waals surface area (Å²) in [5.41, 5.74) is 0.292. The van der Waals surface area contributed by atoms with E-state index in [1.54, 1.807) is 4.90 Å². The van der Waals surface area contributed by atoms with E-state index in [4.69, 9.17) is 0 Å². The van der Waals surface area contributed by atoms with Crippen LogP contribution >= 0.6 is 0 Å². The smallest absolute Gasteiger partial charge is 0.266 e. The zero-order chi connectivity index (χ0) is 15.2. The standard InChI is InChI=1S/C16H26N4O/c1-3-15-6-4-5-7-20(15)13-14(12-17)16(21)19-10-8-18(2)9-11-19/h13,15H,3-11H2,1-2H3/b14-13-. The summed E-state index contributed by atoms with van der Waals surface area (Å²) >= 11 is 0. The van der Waals surface area contributed by atoms with E-state index in [1.807, 2.05) is 6.20 Å². The number of piperidine rings is 1. The summed E-state index contributed by atoms with van der Waals surface area (Å²) in [7, 11) is 2.06. The van der Waals surface area contributed by atoms with E-state index < -0.39 is 0 Å². The van der Waals surface area contributed by atoms with Crippen LogP contribution in [-0.4, -0.2) is 66.4 Å². The minimum absolute atomic E-state index is 0.106. The number of nitrogens with zero attached hydrogens (tertiary/aromatic N) is 4. The van der Waals surface area contributed by atoms with Crippen molar-refractivity contribution in [3.8, 4) is 6.07 Å². The van der Waals surface area contributed by atoms with Gasteiger partial charge in [0.05, 0.1) is 0 Å². The van der Waals surface area contributed by atoms with Gasteiger partial charge >= 0.3 is 0 Å². The molecule has 0 aromatic carbocycles. The number of amides is 1. The summed E-state index contributed by atoms with van der Waals surface area (Å²) < 4.78 is 0. The number of likely N-dealkylation sites (tertiary alicyclic amines) is 1. The number of hydrogen-bond acceptors (Lipinski definition) is 4. The molecule has 0 aliphatic carbocycles. The van der Waals surface area contributed by atoms with Gasteiger partial charge in [0.15, 0.2) is 0 Å². The SMILES string of the molecule is CCC1CCCCN1/C=C(/C#N)C(=O)N1CCN(C)CC1. The monoisotopic (exact) mass is 290 g/mol. The molecular weight excluding hydrogens is 264 g/mol. The first kappa shape index (κ1) is 15.8. The van der Waals surface area contributed by atoms with Crippen molar-refractivity contribution in [1.82, 2.24) is 14.7 Å². The van der Waals surface area contributed by atoms with Gasteiger partial charge in [0.1, 0.15) is 11.6 Å². The number of nitriles is 1. The van der Waals surface area contributed by atoms with Gasteiger partial charge in [-0.3, -0.25) is 4.79 Å². The summed E-state index contributed by atoms with van der Waals surface area (Å²) in [6.45, 7) is 6.32. The summed E-state index contributed by atoms with van der Waals surface area (Å²) in [5, 5.41) is 9.37. The van der Waals surface area contributed by atoms with Gasteiger partial charge in [-0.05, 0) is 32.7 Å². The molecule has 5 heteroatoms. The number of piperazine rings is 1. The van der Waals surface area contributed by atoms with Gasteiger partial charge in [0.2, 0.25) is 0 Å². The normalized spacial score (nSPS) is 24.8. The Morgan fingerprint density at radius 1 is 1.24 bits per heavy atom. The molecule has 1 atom stereocenters. The van der Waals surface area contributed by atoms with Crippen molar-refractivity contribution in [2.45, 2.75) is 38.6 Å². The molecule has 2 fully saturated rings. The van der Waals surface area contributed by atoms with Gasteiger partial charge in [-0.1, -0.05) is 6.92 Å². The number of carbonyl (C=O) groups excluding carboxylic acids is 1. The predicted octanol–water partition coefficient (Wildman–Crippen LogP) is 1.43. The van der Waals surface area contributed by atoms with Crippen molar-refractivity contribution in [3.05, 3.63) is 11.8 Å². The van der Waals surface area contributed by atoms with Gasteiger partial charge in [0.25, 0.3) is 5.91 Å². The topological polar surface area (TPSA) is 50.6 Å². The molecule has 0 spiro atoms. The maximum Gasteiger partial charge on any atom is 0.266 e. The van der Waals surface area contributed by atoms with Crippen molar-refractivity contribution < 1.29 is 4.79 Å². The minimum atomic E-state index is -0.106. The van der Waals surface area contributed by atoms with E-state index in [9.17, 15) is 10.1 Å². The van der Waals surface area contributed by atoms with Crippen LogP contribution in [0.5, 0.6) is 0 Å². The third kappa shape index (κ3) is 3.98. The fourth-order valence-corrected chi connectivity index (χ4v) is 3.11. The molecule has 21 heavy (non-hydrogen) atoms. The van der Waals surface area contributed by atoms with Crippen LogP contribution in [0.25, 0.3) is 0 Å². The molecule has 2 aliphatic rings. The molecule has 2 heterocycles. The largest absolute Gasteiger partial charge is 0.373 e. The molecule has 0 N–H and O–H groups in total. The van der Waals surface area contributed by atoms with E-state index >= 15 is 0 Å². The lowest BCUT2D eigenvalue weighted by Gasteiger charge is -2.35. The second-order valence-corrected chi connectivity index (χ2v) is 6.05. The molecule has 2 aliphatic heterocycles. The molecule has 116 valence electrons. The predicted molar refractivity (Wildman–Crippen MR) is 82.4 cm³/mol. The molecule has 5 nitrogen and oxygen atoms in total. The van der Waals surface area contributed by atoms with Crippen molar-refractivity contribution in [2.24, 2.45) is 0 Å². The van der Waals surface area contributed by atoms with Crippen molar-refractivity contribution >= 4 is 5.91 Å². The Bertz CT molecular complexity index is 432. The lowest BCUT2D eigenvalue weighted by Crippen LogP contribution is -2.47. The van der Waals surface area contributed by atoms with Crippen LogP contribution in [0.3, 0.4) is 0 Å². The van der Waals surface area contributed by atoms with E-state index in [0.29, 0.717) is 24.7 Å². The quantitative estimate of drug-likeness (QED) is 0.583. The fourth-order valence-electron chi connectivity index (χ4n) is 3.11. The zero-order valence-electron chi connectivity index (χ0n) is 13.2. The highest BCUT2D eigenvalue weighted by molar-refractivity contribution is 5.97. The lowest BCUT2D eigenvalue weighted by atomic mass is 10.0. The van der Waals surface area contributed by atoms with Gasteiger partial charge in [-0.15, -0.1) is 0 Å². The highest BCUT2D eigenvalue weighted by Crippen LogP contribution is 2.21. The lowest BCUT2D eigenvalue weighted by molar-refractivity contribution is -0.128. The fraction of sp³-hybridized carbons (Fsp3) is 0.750.